The van der Waals surface area contributed by atoms with Crippen LogP contribution in [0, 0.1) is 6.92 Å². The molecule has 0 spiro atoms. The lowest BCUT2D eigenvalue weighted by molar-refractivity contribution is -0.657. The van der Waals surface area contributed by atoms with Crippen molar-refractivity contribution in [3.8, 4) is 0 Å². The average molecular weight is 132 g/mol. The number of rotatable bonds is 6. The van der Waals surface area contributed by atoms with Gasteiger partial charge in [0.25, 0.3) is 0 Å². The zero-order valence-corrected chi connectivity index (χ0v) is 5.55. The Bertz CT molecular complexity index is 44.3. The van der Waals surface area contributed by atoms with E-state index in [1.54, 1.807) is 0 Å². The van der Waals surface area contributed by atoms with Crippen LogP contribution in [0.2, 0.25) is 0 Å². The van der Waals surface area contributed by atoms with E-state index in [-0.39, 0.29) is 13.2 Å². The van der Waals surface area contributed by atoms with Gasteiger partial charge in [-0.3, -0.25) is 0 Å². The molecule has 0 aliphatic carbocycles. The summed E-state index contributed by atoms with van der Waals surface area (Å²) in [6.45, 7) is 7.85. The summed E-state index contributed by atoms with van der Waals surface area (Å²) in [4.78, 5) is 0. The van der Waals surface area contributed by atoms with Crippen LogP contribution in [0.1, 0.15) is 0 Å². The van der Waals surface area contributed by atoms with Crippen LogP contribution in [0.3, 0.4) is 0 Å². The van der Waals surface area contributed by atoms with Crippen LogP contribution in [0.25, 0.3) is 0 Å². The molecular formula is C6H14NO2+. The van der Waals surface area contributed by atoms with Gasteiger partial charge in [-0.1, -0.05) is 0 Å². The van der Waals surface area contributed by atoms with Crippen LogP contribution in [-0.2, 0) is 4.74 Å². The molecule has 0 heterocycles. The Balaban J connectivity index is 2.60. The maximum atomic E-state index is 8.33. The molecule has 0 aromatic rings. The summed E-state index contributed by atoms with van der Waals surface area (Å²) in [6.07, 6.45) is 0. The SMILES string of the molecule is [CH]COCC[NH2+]CCO. The van der Waals surface area contributed by atoms with Crippen molar-refractivity contribution < 1.29 is 15.2 Å². The first-order valence-corrected chi connectivity index (χ1v) is 3.12. The van der Waals surface area contributed by atoms with E-state index in [1.165, 1.54) is 0 Å². The summed E-state index contributed by atoms with van der Waals surface area (Å²) >= 11 is 0. The monoisotopic (exact) mass is 132 g/mol. The number of quaternary nitrogens is 1. The van der Waals surface area contributed by atoms with E-state index in [1.807, 2.05) is 5.32 Å². The first kappa shape index (κ1) is 8.88. The van der Waals surface area contributed by atoms with Gasteiger partial charge in [-0.15, -0.1) is 0 Å². The quantitative estimate of drug-likeness (QED) is 0.422. The van der Waals surface area contributed by atoms with Crippen LogP contribution in [0.4, 0.5) is 0 Å². The van der Waals surface area contributed by atoms with Crippen molar-refractivity contribution in [2.45, 2.75) is 0 Å². The van der Waals surface area contributed by atoms with E-state index in [0.717, 1.165) is 13.1 Å². The van der Waals surface area contributed by atoms with Gasteiger partial charge < -0.3 is 15.2 Å². The second kappa shape index (κ2) is 7.88. The number of aliphatic hydroxyl groups excluding tert-OH is 1. The van der Waals surface area contributed by atoms with Gasteiger partial charge in [-0.05, 0) is 6.92 Å². The molecule has 0 atom stereocenters. The molecule has 0 aromatic carbocycles. The fourth-order valence-electron chi connectivity index (χ4n) is 0.486. The van der Waals surface area contributed by atoms with Gasteiger partial charge in [0.05, 0.1) is 32.9 Å². The Labute approximate surface area is 56.0 Å². The van der Waals surface area contributed by atoms with Gasteiger partial charge in [-0.25, -0.2) is 0 Å². The summed E-state index contributed by atoms with van der Waals surface area (Å²) in [7, 11) is 0. The minimum Gasteiger partial charge on any atom is -0.391 e. The topological polar surface area (TPSA) is 46.1 Å². The number of hydrogen-bond acceptors (Lipinski definition) is 2. The summed E-state index contributed by atoms with van der Waals surface area (Å²) in [5.41, 5.74) is 0. The summed E-state index contributed by atoms with van der Waals surface area (Å²) in [6, 6.07) is 0. The van der Waals surface area contributed by atoms with Crippen molar-refractivity contribution in [2.75, 3.05) is 32.9 Å². The van der Waals surface area contributed by atoms with Crippen molar-refractivity contribution >= 4 is 0 Å². The normalized spacial score (nSPS) is 10.0. The van der Waals surface area contributed by atoms with Gasteiger partial charge in [0.15, 0.2) is 0 Å². The minimum atomic E-state index is 0.225. The molecule has 0 amide bonds. The molecule has 9 heavy (non-hydrogen) atoms. The van der Waals surface area contributed by atoms with Crippen molar-refractivity contribution in [3.05, 3.63) is 6.92 Å². The smallest absolute Gasteiger partial charge is 0.0993 e. The zero-order valence-electron chi connectivity index (χ0n) is 5.55. The summed E-state index contributed by atoms with van der Waals surface area (Å²) < 4.78 is 4.84. The lowest BCUT2D eigenvalue weighted by atomic mass is 10.6. The molecule has 0 bridgehead atoms. The standard InChI is InChI=1S/C6H13NO2/c1-2-9-6-4-7-3-5-8/h1,7-8H,2-6H2/p+1. The zero-order chi connectivity index (χ0) is 6.95. The molecule has 54 valence electrons. The van der Waals surface area contributed by atoms with E-state index in [0.29, 0.717) is 6.61 Å². The van der Waals surface area contributed by atoms with E-state index in [2.05, 4.69) is 0 Å². The van der Waals surface area contributed by atoms with Crippen molar-refractivity contribution in [1.82, 2.24) is 0 Å². The molecule has 0 rings (SSSR count). The Morgan fingerprint density at radius 1 is 1.44 bits per heavy atom. The second-order valence-corrected chi connectivity index (χ2v) is 1.66. The Morgan fingerprint density at radius 2 is 2.22 bits per heavy atom. The van der Waals surface area contributed by atoms with E-state index < -0.39 is 0 Å². The van der Waals surface area contributed by atoms with Crippen LogP contribution >= 0.6 is 0 Å². The van der Waals surface area contributed by atoms with Crippen LogP contribution in [-0.4, -0.2) is 38.0 Å². The Hall–Kier alpha value is -0.120. The third-order valence-corrected chi connectivity index (χ3v) is 0.917. The first-order chi connectivity index (χ1) is 4.41. The predicted octanol–water partition coefficient (Wildman–Crippen LogP) is -1.73. The fourth-order valence-corrected chi connectivity index (χ4v) is 0.486. The number of aliphatic hydroxyl groups is 1. The third kappa shape index (κ3) is 7.88. The average Bonchev–Trinajstić information content (AvgIpc) is 1.89. The fraction of sp³-hybridized carbons (Fsp3) is 0.833. The molecule has 0 saturated heterocycles. The van der Waals surface area contributed by atoms with Gasteiger partial charge in [0.1, 0.15) is 0 Å². The molecule has 3 nitrogen and oxygen atoms in total. The molecular weight excluding hydrogens is 118 g/mol. The maximum absolute atomic E-state index is 8.33. The highest BCUT2D eigenvalue weighted by atomic mass is 16.5. The number of hydrogen-bond donors (Lipinski definition) is 2. The maximum Gasteiger partial charge on any atom is 0.0993 e. The Morgan fingerprint density at radius 3 is 2.78 bits per heavy atom. The third-order valence-electron chi connectivity index (χ3n) is 0.917. The van der Waals surface area contributed by atoms with Gasteiger partial charge in [-0.2, -0.15) is 0 Å². The van der Waals surface area contributed by atoms with Crippen molar-refractivity contribution in [2.24, 2.45) is 0 Å². The number of ether oxygens (including phenoxy) is 1. The summed E-state index contributed by atoms with van der Waals surface area (Å²) in [5.74, 6) is 0. The Kier molecular flexibility index (Phi) is 7.77. The molecule has 2 radical (unpaired) electrons. The summed E-state index contributed by atoms with van der Waals surface area (Å²) in [5, 5.41) is 10.3. The van der Waals surface area contributed by atoms with E-state index >= 15 is 0 Å². The number of nitrogens with two attached hydrogens (primary N) is 1. The predicted molar refractivity (Wildman–Crippen MR) is 33.9 cm³/mol. The first-order valence-electron chi connectivity index (χ1n) is 3.12. The molecule has 3 heteroatoms. The second-order valence-electron chi connectivity index (χ2n) is 1.66. The highest BCUT2D eigenvalue weighted by Crippen LogP contribution is 1.64. The molecule has 0 aliphatic rings. The van der Waals surface area contributed by atoms with E-state index in [4.69, 9.17) is 16.8 Å². The lowest BCUT2D eigenvalue weighted by Crippen LogP contribution is -2.86. The molecule has 0 unspecified atom stereocenters. The highest BCUT2D eigenvalue weighted by Gasteiger charge is 1.86. The van der Waals surface area contributed by atoms with Gasteiger partial charge in [0.2, 0.25) is 0 Å². The molecule has 0 aliphatic heterocycles. The molecule has 0 fully saturated rings. The van der Waals surface area contributed by atoms with Crippen molar-refractivity contribution in [3.63, 3.8) is 0 Å². The molecule has 0 aromatic heterocycles. The molecule has 3 N–H and O–H groups in total. The van der Waals surface area contributed by atoms with Crippen LogP contribution < -0.4 is 5.32 Å². The van der Waals surface area contributed by atoms with E-state index in [9.17, 15) is 0 Å². The van der Waals surface area contributed by atoms with Crippen LogP contribution in [0.5, 0.6) is 0 Å². The van der Waals surface area contributed by atoms with Gasteiger partial charge >= 0.3 is 0 Å². The lowest BCUT2D eigenvalue weighted by Gasteiger charge is -1.98. The van der Waals surface area contributed by atoms with Crippen molar-refractivity contribution in [1.29, 1.82) is 0 Å². The minimum absolute atomic E-state index is 0.225. The van der Waals surface area contributed by atoms with Gasteiger partial charge in [0, 0.05) is 0 Å². The molecule has 0 saturated carbocycles. The largest absolute Gasteiger partial charge is 0.391 e. The highest BCUT2D eigenvalue weighted by molar-refractivity contribution is 4.29. The van der Waals surface area contributed by atoms with Crippen LogP contribution in [0.15, 0.2) is 0 Å².